The molecule has 0 aliphatic rings. The topological polar surface area (TPSA) is 99.8 Å². The lowest BCUT2D eigenvalue weighted by Crippen LogP contribution is -2.29. The number of carbonyl (C=O) groups is 1. The van der Waals surface area contributed by atoms with Crippen molar-refractivity contribution in [1.82, 2.24) is 9.88 Å². The number of aromatic amines is 1. The van der Waals surface area contributed by atoms with E-state index in [4.69, 9.17) is 4.74 Å². The first-order chi connectivity index (χ1) is 17.3. The third kappa shape index (κ3) is 6.11. The fourth-order valence-corrected chi connectivity index (χ4v) is 4.77. The van der Waals surface area contributed by atoms with E-state index in [2.05, 4.69) is 4.98 Å². The largest absolute Gasteiger partial charge is 0.496 e. The summed E-state index contributed by atoms with van der Waals surface area (Å²) < 4.78 is 32.6. The predicted molar refractivity (Wildman–Crippen MR) is 149 cm³/mol. The minimum absolute atomic E-state index is 0.227. The van der Waals surface area contributed by atoms with Crippen LogP contribution in [-0.4, -0.2) is 51.7 Å². The number of pyridine rings is 1. The van der Waals surface area contributed by atoms with Crippen molar-refractivity contribution in [3.63, 3.8) is 0 Å². The van der Waals surface area contributed by atoms with Gasteiger partial charge in [-0.25, -0.2) is 12.7 Å². The number of carbonyl (C=O) groups excluding carboxylic acids is 1. The molecule has 0 spiro atoms. The van der Waals surface area contributed by atoms with Crippen molar-refractivity contribution < 1.29 is 17.9 Å². The number of para-hydroxylation sites is 1. The number of sulfonamides is 1. The van der Waals surface area contributed by atoms with E-state index in [0.29, 0.717) is 22.4 Å². The molecule has 0 saturated heterocycles. The second-order valence-corrected chi connectivity index (χ2v) is 11.8. The zero-order chi connectivity index (χ0) is 27.5. The summed E-state index contributed by atoms with van der Waals surface area (Å²) in [5.74, 6) is 0.238. The van der Waals surface area contributed by atoms with E-state index in [9.17, 15) is 18.0 Å². The smallest absolute Gasteiger partial charge is 0.255 e. The molecule has 1 aromatic heterocycles. The SMILES string of the molecule is COc1c(C=CN(c2ccccc2C(=O)N(C)C)S(C)(=O)=O)cc(-c2ccc[nH]c2=O)cc1C(C)(C)C. The minimum Gasteiger partial charge on any atom is -0.496 e. The van der Waals surface area contributed by atoms with E-state index in [1.54, 1.807) is 75.9 Å². The summed E-state index contributed by atoms with van der Waals surface area (Å²) in [5, 5.41) is 0. The molecule has 0 aliphatic heterocycles. The third-order valence-corrected chi connectivity index (χ3v) is 6.82. The average molecular weight is 524 g/mol. The summed E-state index contributed by atoms with van der Waals surface area (Å²) in [6.45, 7) is 6.09. The minimum atomic E-state index is -3.82. The van der Waals surface area contributed by atoms with Gasteiger partial charge < -0.3 is 14.6 Å². The average Bonchev–Trinajstić information content (AvgIpc) is 2.82. The second kappa shape index (κ2) is 10.6. The highest BCUT2D eigenvalue weighted by Gasteiger charge is 2.25. The third-order valence-electron chi connectivity index (χ3n) is 5.78. The van der Waals surface area contributed by atoms with Gasteiger partial charge in [-0.1, -0.05) is 32.9 Å². The molecule has 0 fully saturated rings. The van der Waals surface area contributed by atoms with Gasteiger partial charge in [-0.3, -0.25) is 9.59 Å². The van der Waals surface area contributed by atoms with Gasteiger partial charge in [-0.15, -0.1) is 0 Å². The number of nitrogens with zero attached hydrogens (tertiary/aromatic N) is 2. The first kappa shape index (κ1) is 27.7. The number of hydrogen-bond acceptors (Lipinski definition) is 5. The molecule has 3 rings (SSSR count). The van der Waals surface area contributed by atoms with Crippen molar-refractivity contribution in [3.05, 3.63) is 88.0 Å². The van der Waals surface area contributed by atoms with Crippen molar-refractivity contribution in [3.8, 4) is 16.9 Å². The van der Waals surface area contributed by atoms with E-state index in [-0.39, 0.29) is 28.1 Å². The van der Waals surface area contributed by atoms with Crippen molar-refractivity contribution >= 4 is 27.7 Å². The maximum atomic E-state index is 12.9. The molecule has 3 aromatic rings. The van der Waals surface area contributed by atoms with Gasteiger partial charge >= 0.3 is 0 Å². The number of hydrogen-bond donors (Lipinski definition) is 1. The Morgan fingerprint density at radius 1 is 1.05 bits per heavy atom. The number of nitrogens with one attached hydrogen (secondary N) is 1. The van der Waals surface area contributed by atoms with Crippen LogP contribution >= 0.6 is 0 Å². The highest BCUT2D eigenvalue weighted by molar-refractivity contribution is 7.92. The normalized spacial score (nSPS) is 12.0. The molecule has 37 heavy (non-hydrogen) atoms. The van der Waals surface area contributed by atoms with E-state index in [1.165, 1.54) is 11.1 Å². The number of methoxy groups -OCH3 is 1. The Kier molecular flexibility index (Phi) is 7.97. The number of rotatable bonds is 7. The Labute approximate surface area is 218 Å². The summed E-state index contributed by atoms with van der Waals surface area (Å²) in [4.78, 5) is 29.4. The standard InChI is InChI=1S/C28H33N3O5S/c1-28(2,3)23-18-20(21-12-10-15-29-26(21)32)17-19(25(23)36-6)14-16-31(37(7,34)35)24-13-9-8-11-22(24)27(33)30(4)5/h8-18H,1-7H3,(H,29,32). The van der Waals surface area contributed by atoms with Gasteiger partial charge in [0.1, 0.15) is 5.75 Å². The lowest BCUT2D eigenvalue weighted by molar-refractivity contribution is 0.0828. The summed E-state index contributed by atoms with van der Waals surface area (Å²) in [6.07, 6.45) is 5.66. The van der Waals surface area contributed by atoms with Gasteiger partial charge in [0, 0.05) is 43.2 Å². The molecule has 0 atom stereocenters. The van der Waals surface area contributed by atoms with Crippen LogP contribution in [0.3, 0.4) is 0 Å². The van der Waals surface area contributed by atoms with Crippen molar-refractivity contribution in [1.29, 1.82) is 0 Å². The quantitative estimate of drug-likeness (QED) is 0.492. The van der Waals surface area contributed by atoms with E-state index in [1.807, 2.05) is 26.8 Å². The van der Waals surface area contributed by atoms with Crippen molar-refractivity contribution in [2.24, 2.45) is 0 Å². The second-order valence-electron chi connectivity index (χ2n) is 9.90. The Bertz CT molecular complexity index is 1500. The molecular weight excluding hydrogens is 490 g/mol. The van der Waals surface area contributed by atoms with Crippen LogP contribution in [0.4, 0.5) is 5.69 Å². The fourth-order valence-electron chi connectivity index (χ4n) is 3.97. The van der Waals surface area contributed by atoms with Crippen molar-refractivity contribution in [2.45, 2.75) is 26.2 Å². The fraction of sp³-hybridized carbons (Fsp3) is 0.286. The molecule has 0 radical (unpaired) electrons. The number of ether oxygens (including phenoxy) is 1. The molecule has 0 aliphatic carbocycles. The predicted octanol–water partition coefficient (Wildman–Crippen LogP) is 4.49. The number of amides is 1. The van der Waals surface area contributed by atoms with Crippen LogP contribution in [0.5, 0.6) is 5.75 Å². The van der Waals surface area contributed by atoms with Crippen LogP contribution in [0.1, 0.15) is 42.3 Å². The monoisotopic (exact) mass is 523 g/mol. The number of benzene rings is 2. The van der Waals surface area contributed by atoms with E-state index < -0.39 is 10.0 Å². The summed E-state index contributed by atoms with van der Waals surface area (Å²) in [7, 11) is 0.948. The molecule has 8 nitrogen and oxygen atoms in total. The molecule has 1 heterocycles. The molecule has 0 bridgehead atoms. The van der Waals surface area contributed by atoms with Crippen LogP contribution in [0.25, 0.3) is 17.2 Å². The maximum absolute atomic E-state index is 12.9. The van der Waals surface area contributed by atoms with Gasteiger partial charge in [0.05, 0.1) is 24.6 Å². The Morgan fingerprint density at radius 3 is 2.30 bits per heavy atom. The summed E-state index contributed by atoms with van der Waals surface area (Å²) in [6, 6.07) is 13.7. The van der Waals surface area contributed by atoms with E-state index >= 15 is 0 Å². The van der Waals surface area contributed by atoms with Gasteiger partial charge in [-0.05, 0) is 53.5 Å². The van der Waals surface area contributed by atoms with Crippen LogP contribution in [0.2, 0.25) is 0 Å². The summed E-state index contributed by atoms with van der Waals surface area (Å²) >= 11 is 0. The highest BCUT2D eigenvalue weighted by atomic mass is 32.2. The van der Waals surface area contributed by atoms with Gasteiger partial charge in [0.15, 0.2) is 0 Å². The zero-order valence-corrected chi connectivity index (χ0v) is 23.0. The van der Waals surface area contributed by atoms with Crippen LogP contribution < -0.4 is 14.6 Å². The van der Waals surface area contributed by atoms with Gasteiger partial charge in [0.2, 0.25) is 10.0 Å². The van der Waals surface area contributed by atoms with Crippen LogP contribution in [-0.2, 0) is 15.4 Å². The maximum Gasteiger partial charge on any atom is 0.255 e. The van der Waals surface area contributed by atoms with Crippen LogP contribution in [0.15, 0.2) is 65.7 Å². The molecule has 196 valence electrons. The van der Waals surface area contributed by atoms with Crippen molar-refractivity contribution in [2.75, 3.05) is 31.8 Å². The highest BCUT2D eigenvalue weighted by Crippen LogP contribution is 2.38. The first-order valence-corrected chi connectivity index (χ1v) is 13.5. The lowest BCUT2D eigenvalue weighted by atomic mass is 9.83. The Balaban J connectivity index is 2.27. The van der Waals surface area contributed by atoms with Crippen LogP contribution in [0, 0.1) is 0 Å². The molecule has 1 amide bonds. The van der Waals surface area contributed by atoms with Gasteiger partial charge in [-0.2, -0.15) is 0 Å². The summed E-state index contributed by atoms with van der Waals surface area (Å²) in [5.41, 5.74) is 2.47. The molecular formula is C28H33N3O5S. The molecule has 0 unspecified atom stereocenters. The molecule has 0 saturated carbocycles. The lowest BCUT2D eigenvalue weighted by Gasteiger charge is -2.25. The van der Waals surface area contributed by atoms with Gasteiger partial charge in [0.25, 0.3) is 11.5 Å². The molecule has 1 N–H and O–H groups in total. The number of H-pyrrole nitrogens is 1. The Hall–Kier alpha value is -3.85. The first-order valence-electron chi connectivity index (χ1n) is 11.6. The van der Waals surface area contributed by atoms with E-state index in [0.717, 1.165) is 16.1 Å². The zero-order valence-electron chi connectivity index (χ0n) is 22.2. The number of aromatic nitrogens is 1. The number of anilines is 1. The molecule has 2 aromatic carbocycles. The molecule has 9 heteroatoms. The Morgan fingerprint density at radius 2 is 1.73 bits per heavy atom.